The molecule has 0 saturated carbocycles. The van der Waals surface area contributed by atoms with E-state index in [0.717, 1.165) is 5.56 Å². The standard InChI is InChI=1S/C14H20N2O2S/c1-10-5-7-11(8-6-10)18-9-12(17)15-13(19)16-14(2,3)4/h5-8H,9H2,1-4H3,(H2,15,16,17,19). The van der Waals surface area contributed by atoms with Crippen molar-refractivity contribution in [1.29, 1.82) is 0 Å². The molecule has 104 valence electrons. The molecule has 1 aromatic rings. The molecule has 2 N–H and O–H groups in total. The van der Waals surface area contributed by atoms with Crippen molar-refractivity contribution in [3.63, 3.8) is 0 Å². The molecular weight excluding hydrogens is 260 g/mol. The van der Waals surface area contributed by atoms with Gasteiger partial charge in [-0.05, 0) is 52.0 Å². The molecule has 0 aliphatic carbocycles. The van der Waals surface area contributed by atoms with Gasteiger partial charge in [0.05, 0.1) is 0 Å². The van der Waals surface area contributed by atoms with Crippen molar-refractivity contribution in [3.05, 3.63) is 29.8 Å². The van der Waals surface area contributed by atoms with Crippen LogP contribution in [0.25, 0.3) is 0 Å². The van der Waals surface area contributed by atoms with Gasteiger partial charge in [-0.25, -0.2) is 0 Å². The maximum Gasteiger partial charge on any atom is 0.264 e. The van der Waals surface area contributed by atoms with Crippen molar-refractivity contribution < 1.29 is 9.53 Å². The summed E-state index contributed by atoms with van der Waals surface area (Å²) in [6.45, 7) is 7.83. The predicted molar refractivity (Wildman–Crippen MR) is 80.3 cm³/mol. The molecule has 4 nitrogen and oxygen atoms in total. The van der Waals surface area contributed by atoms with Gasteiger partial charge < -0.3 is 15.4 Å². The van der Waals surface area contributed by atoms with Gasteiger partial charge in [0.1, 0.15) is 5.75 Å². The summed E-state index contributed by atoms with van der Waals surface area (Å²) in [5, 5.41) is 5.88. The van der Waals surface area contributed by atoms with Crippen LogP contribution in [-0.2, 0) is 4.79 Å². The maximum absolute atomic E-state index is 11.6. The predicted octanol–water partition coefficient (Wildman–Crippen LogP) is 2.16. The van der Waals surface area contributed by atoms with E-state index in [2.05, 4.69) is 10.6 Å². The van der Waals surface area contributed by atoms with Gasteiger partial charge in [0.15, 0.2) is 11.7 Å². The fraction of sp³-hybridized carbons (Fsp3) is 0.429. The number of rotatable bonds is 3. The highest BCUT2D eigenvalue weighted by Gasteiger charge is 2.13. The lowest BCUT2D eigenvalue weighted by molar-refractivity contribution is -0.121. The normalized spacial score (nSPS) is 10.7. The second kappa shape index (κ2) is 6.52. The molecule has 1 amide bonds. The van der Waals surface area contributed by atoms with E-state index in [4.69, 9.17) is 17.0 Å². The molecule has 0 atom stereocenters. The molecule has 5 heteroatoms. The Labute approximate surface area is 119 Å². The van der Waals surface area contributed by atoms with Crippen LogP contribution in [0.2, 0.25) is 0 Å². The van der Waals surface area contributed by atoms with Crippen molar-refractivity contribution in [2.24, 2.45) is 0 Å². The van der Waals surface area contributed by atoms with Crippen LogP contribution in [0.4, 0.5) is 0 Å². The second-order valence-electron chi connectivity index (χ2n) is 5.35. The minimum atomic E-state index is -0.276. The van der Waals surface area contributed by atoms with Gasteiger partial charge in [0.2, 0.25) is 0 Å². The van der Waals surface area contributed by atoms with Crippen LogP contribution in [0.15, 0.2) is 24.3 Å². The minimum Gasteiger partial charge on any atom is -0.484 e. The first kappa shape index (κ1) is 15.4. The Balaban J connectivity index is 2.36. The second-order valence-corrected chi connectivity index (χ2v) is 5.76. The lowest BCUT2D eigenvalue weighted by Gasteiger charge is -2.22. The molecule has 0 saturated heterocycles. The van der Waals surface area contributed by atoms with E-state index in [1.165, 1.54) is 0 Å². The molecule has 19 heavy (non-hydrogen) atoms. The van der Waals surface area contributed by atoms with Crippen molar-refractivity contribution >= 4 is 23.2 Å². The van der Waals surface area contributed by atoms with E-state index < -0.39 is 0 Å². The Hall–Kier alpha value is -1.62. The Kier molecular flexibility index (Phi) is 5.30. The summed E-state index contributed by atoms with van der Waals surface area (Å²) >= 11 is 5.03. The third kappa shape index (κ3) is 6.76. The van der Waals surface area contributed by atoms with Crippen molar-refractivity contribution in [1.82, 2.24) is 10.6 Å². The van der Waals surface area contributed by atoms with E-state index in [0.29, 0.717) is 10.9 Å². The first-order valence-electron chi connectivity index (χ1n) is 6.08. The summed E-state index contributed by atoms with van der Waals surface area (Å²) in [4.78, 5) is 11.6. The van der Waals surface area contributed by atoms with E-state index in [1.54, 1.807) is 0 Å². The summed E-state index contributed by atoms with van der Waals surface area (Å²) in [6.07, 6.45) is 0. The van der Waals surface area contributed by atoms with E-state index >= 15 is 0 Å². The Morgan fingerprint density at radius 1 is 1.26 bits per heavy atom. The number of benzene rings is 1. The average Bonchev–Trinajstić information content (AvgIpc) is 2.25. The van der Waals surface area contributed by atoms with Crippen LogP contribution in [-0.4, -0.2) is 23.2 Å². The van der Waals surface area contributed by atoms with Gasteiger partial charge in [0.25, 0.3) is 5.91 Å². The zero-order chi connectivity index (χ0) is 14.5. The van der Waals surface area contributed by atoms with E-state index in [-0.39, 0.29) is 18.1 Å². The van der Waals surface area contributed by atoms with Crippen LogP contribution in [0, 0.1) is 6.92 Å². The Bertz CT molecular complexity index is 450. The maximum atomic E-state index is 11.6. The first-order chi connectivity index (χ1) is 8.76. The highest BCUT2D eigenvalue weighted by Crippen LogP contribution is 2.10. The van der Waals surface area contributed by atoms with Crippen LogP contribution < -0.4 is 15.4 Å². The molecule has 0 unspecified atom stereocenters. The first-order valence-corrected chi connectivity index (χ1v) is 6.48. The number of nitrogens with one attached hydrogen (secondary N) is 2. The fourth-order valence-corrected chi connectivity index (χ4v) is 1.74. The van der Waals surface area contributed by atoms with E-state index in [1.807, 2.05) is 52.0 Å². The summed E-state index contributed by atoms with van der Waals surface area (Å²) < 4.78 is 5.35. The Morgan fingerprint density at radius 2 is 1.84 bits per heavy atom. The van der Waals surface area contributed by atoms with Crippen LogP contribution in [0.3, 0.4) is 0 Å². The fourth-order valence-electron chi connectivity index (χ4n) is 1.32. The van der Waals surface area contributed by atoms with Crippen LogP contribution >= 0.6 is 12.2 Å². The van der Waals surface area contributed by atoms with Crippen LogP contribution in [0.1, 0.15) is 26.3 Å². The molecule has 0 aliphatic rings. The van der Waals surface area contributed by atoms with Crippen molar-refractivity contribution in [2.75, 3.05) is 6.61 Å². The third-order valence-electron chi connectivity index (χ3n) is 2.13. The zero-order valence-electron chi connectivity index (χ0n) is 11.7. The van der Waals surface area contributed by atoms with Crippen molar-refractivity contribution in [2.45, 2.75) is 33.2 Å². The number of aryl methyl sites for hydroxylation is 1. The number of carbonyl (C=O) groups excluding carboxylic acids is 1. The topological polar surface area (TPSA) is 50.4 Å². The molecule has 0 aliphatic heterocycles. The lowest BCUT2D eigenvalue weighted by atomic mass is 10.1. The smallest absolute Gasteiger partial charge is 0.264 e. The molecule has 0 aromatic heterocycles. The highest BCUT2D eigenvalue weighted by molar-refractivity contribution is 7.80. The SMILES string of the molecule is Cc1ccc(OCC(=O)NC(=S)NC(C)(C)C)cc1. The van der Waals surface area contributed by atoms with E-state index in [9.17, 15) is 4.79 Å². The van der Waals surface area contributed by atoms with Crippen LogP contribution in [0.5, 0.6) is 5.75 Å². The van der Waals surface area contributed by atoms with Gasteiger partial charge >= 0.3 is 0 Å². The number of ether oxygens (including phenoxy) is 1. The molecule has 0 bridgehead atoms. The molecule has 1 rings (SSSR count). The molecule has 0 heterocycles. The monoisotopic (exact) mass is 280 g/mol. The highest BCUT2D eigenvalue weighted by atomic mass is 32.1. The molecule has 0 fully saturated rings. The summed E-state index contributed by atoms with van der Waals surface area (Å²) in [5.74, 6) is 0.387. The molecule has 0 radical (unpaired) electrons. The minimum absolute atomic E-state index is 0.0605. The number of carbonyl (C=O) groups is 1. The molecule has 1 aromatic carbocycles. The number of hydrogen-bond acceptors (Lipinski definition) is 3. The summed E-state index contributed by atoms with van der Waals surface area (Å²) in [6, 6.07) is 7.51. The lowest BCUT2D eigenvalue weighted by Crippen LogP contribution is -2.49. The quantitative estimate of drug-likeness (QED) is 0.833. The summed E-state index contributed by atoms with van der Waals surface area (Å²) in [7, 11) is 0. The summed E-state index contributed by atoms with van der Waals surface area (Å²) in [5.41, 5.74) is 0.967. The average molecular weight is 280 g/mol. The number of hydrogen-bond donors (Lipinski definition) is 2. The molecule has 0 spiro atoms. The van der Waals surface area contributed by atoms with Crippen molar-refractivity contribution in [3.8, 4) is 5.75 Å². The van der Waals surface area contributed by atoms with Gasteiger partial charge in [-0.1, -0.05) is 17.7 Å². The third-order valence-corrected chi connectivity index (χ3v) is 2.34. The largest absolute Gasteiger partial charge is 0.484 e. The van der Waals surface area contributed by atoms with Gasteiger partial charge in [-0.3, -0.25) is 4.79 Å². The zero-order valence-corrected chi connectivity index (χ0v) is 12.6. The van der Waals surface area contributed by atoms with Gasteiger partial charge in [0, 0.05) is 5.54 Å². The van der Waals surface area contributed by atoms with Gasteiger partial charge in [-0.15, -0.1) is 0 Å². The Morgan fingerprint density at radius 3 is 2.37 bits per heavy atom. The number of thiocarbonyl (C=S) groups is 1. The molecular formula is C14H20N2O2S. The van der Waals surface area contributed by atoms with Gasteiger partial charge in [-0.2, -0.15) is 0 Å². The number of amides is 1.